The fourth-order valence-corrected chi connectivity index (χ4v) is 3.69. The fourth-order valence-electron chi connectivity index (χ4n) is 3.45. The molecule has 0 saturated carbocycles. The zero-order valence-corrected chi connectivity index (χ0v) is 13.6. The Balaban J connectivity index is 1.60. The van der Waals surface area contributed by atoms with Crippen molar-refractivity contribution in [3.05, 3.63) is 28.2 Å². The van der Waals surface area contributed by atoms with Gasteiger partial charge in [0.2, 0.25) is 0 Å². The van der Waals surface area contributed by atoms with E-state index in [1.54, 1.807) is 12.1 Å². The van der Waals surface area contributed by atoms with Crippen LogP contribution in [0.3, 0.4) is 0 Å². The Bertz CT molecular complexity index is 521. The van der Waals surface area contributed by atoms with Crippen LogP contribution in [0.1, 0.15) is 36.0 Å². The van der Waals surface area contributed by atoms with Crippen LogP contribution in [-0.2, 0) is 0 Å². The van der Waals surface area contributed by atoms with Gasteiger partial charge in [0, 0.05) is 24.7 Å². The molecular weight excluding hydrogens is 332 g/mol. The van der Waals surface area contributed by atoms with E-state index in [4.69, 9.17) is 0 Å². The topological polar surface area (TPSA) is 52.6 Å². The molecule has 1 aromatic rings. The fraction of sp³-hybridized carbons (Fsp3) is 0.562. The Kier molecular flexibility index (Phi) is 4.50. The highest BCUT2D eigenvalue weighted by molar-refractivity contribution is 9.10. The maximum atomic E-state index is 12.5. The second kappa shape index (κ2) is 6.36. The molecule has 2 saturated heterocycles. The van der Waals surface area contributed by atoms with Crippen molar-refractivity contribution in [1.29, 1.82) is 0 Å². The van der Waals surface area contributed by atoms with Gasteiger partial charge in [0.05, 0.1) is 4.47 Å². The van der Waals surface area contributed by atoms with Gasteiger partial charge in [0.15, 0.2) is 0 Å². The number of piperidine rings is 1. The van der Waals surface area contributed by atoms with E-state index in [-0.39, 0.29) is 11.7 Å². The Morgan fingerprint density at radius 3 is 2.67 bits per heavy atom. The van der Waals surface area contributed by atoms with E-state index in [1.807, 2.05) is 4.90 Å². The van der Waals surface area contributed by atoms with Gasteiger partial charge in [-0.05, 0) is 72.3 Å². The number of benzene rings is 1. The number of amides is 1. The summed E-state index contributed by atoms with van der Waals surface area (Å²) < 4.78 is 0.616. The molecule has 5 heteroatoms. The van der Waals surface area contributed by atoms with Crippen LogP contribution >= 0.6 is 15.9 Å². The van der Waals surface area contributed by atoms with Gasteiger partial charge in [-0.25, -0.2) is 0 Å². The molecule has 0 bridgehead atoms. The zero-order chi connectivity index (χ0) is 14.8. The number of phenols is 1. The van der Waals surface area contributed by atoms with Crippen molar-refractivity contribution in [3.63, 3.8) is 0 Å². The van der Waals surface area contributed by atoms with Crippen molar-refractivity contribution in [2.24, 2.45) is 5.92 Å². The van der Waals surface area contributed by atoms with E-state index in [2.05, 4.69) is 21.2 Å². The first-order chi connectivity index (χ1) is 10.1. The smallest absolute Gasteiger partial charge is 0.253 e. The van der Waals surface area contributed by atoms with Crippen LogP contribution in [0, 0.1) is 5.92 Å². The van der Waals surface area contributed by atoms with E-state index < -0.39 is 0 Å². The summed E-state index contributed by atoms with van der Waals surface area (Å²) in [5, 5.41) is 13.3. The maximum Gasteiger partial charge on any atom is 0.253 e. The Labute approximate surface area is 133 Å². The van der Waals surface area contributed by atoms with Gasteiger partial charge in [-0.1, -0.05) is 0 Å². The molecule has 21 heavy (non-hydrogen) atoms. The highest BCUT2D eigenvalue weighted by Crippen LogP contribution is 2.28. The van der Waals surface area contributed by atoms with Crippen LogP contribution in [0.15, 0.2) is 22.7 Å². The van der Waals surface area contributed by atoms with E-state index >= 15 is 0 Å². The van der Waals surface area contributed by atoms with Crippen LogP contribution in [0.5, 0.6) is 5.75 Å². The first kappa shape index (κ1) is 14.9. The van der Waals surface area contributed by atoms with Gasteiger partial charge >= 0.3 is 0 Å². The third kappa shape index (κ3) is 3.24. The van der Waals surface area contributed by atoms with Crippen molar-refractivity contribution >= 4 is 21.8 Å². The van der Waals surface area contributed by atoms with Gasteiger partial charge < -0.3 is 15.3 Å². The van der Waals surface area contributed by atoms with Crippen molar-refractivity contribution in [2.75, 3.05) is 19.6 Å². The number of aromatic hydroxyl groups is 1. The lowest BCUT2D eigenvalue weighted by Crippen LogP contribution is -2.43. The first-order valence-electron chi connectivity index (χ1n) is 7.66. The molecule has 2 N–H and O–H groups in total. The number of nitrogens with zero attached hydrogens (tertiary/aromatic N) is 1. The SMILES string of the molecule is O=C(c1ccc(Br)c(O)c1)N1CCC(C2CCCN2)CC1. The standard InChI is InChI=1S/C16H21BrN2O2/c17-13-4-3-12(10-15(13)20)16(21)19-8-5-11(6-9-19)14-2-1-7-18-14/h3-4,10-11,14,18,20H,1-2,5-9H2. The summed E-state index contributed by atoms with van der Waals surface area (Å²) in [4.78, 5) is 14.4. The molecule has 114 valence electrons. The Morgan fingerprint density at radius 1 is 1.29 bits per heavy atom. The number of phenolic OH excluding ortho intramolecular Hbond substituents is 1. The molecule has 0 spiro atoms. The number of nitrogens with one attached hydrogen (secondary N) is 1. The minimum Gasteiger partial charge on any atom is -0.507 e. The summed E-state index contributed by atoms with van der Waals surface area (Å²) in [6.45, 7) is 2.78. The molecule has 4 nitrogen and oxygen atoms in total. The largest absolute Gasteiger partial charge is 0.507 e. The van der Waals surface area contributed by atoms with Gasteiger partial charge in [0.1, 0.15) is 5.75 Å². The molecule has 3 rings (SSSR count). The van der Waals surface area contributed by atoms with E-state index in [1.165, 1.54) is 18.9 Å². The van der Waals surface area contributed by atoms with Gasteiger partial charge in [-0.15, -0.1) is 0 Å². The monoisotopic (exact) mass is 352 g/mol. The van der Waals surface area contributed by atoms with Crippen LogP contribution in [0.25, 0.3) is 0 Å². The summed E-state index contributed by atoms with van der Waals surface area (Å²) in [7, 11) is 0. The summed E-state index contributed by atoms with van der Waals surface area (Å²) in [6.07, 6.45) is 4.71. The predicted molar refractivity (Wildman–Crippen MR) is 85.5 cm³/mol. The number of likely N-dealkylation sites (tertiary alicyclic amines) is 1. The Morgan fingerprint density at radius 2 is 2.05 bits per heavy atom. The van der Waals surface area contributed by atoms with Crippen molar-refractivity contribution in [3.8, 4) is 5.75 Å². The molecule has 2 aliphatic heterocycles. The predicted octanol–water partition coefficient (Wildman–Crippen LogP) is 2.76. The summed E-state index contributed by atoms with van der Waals surface area (Å²) in [6, 6.07) is 5.67. The van der Waals surface area contributed by atoms with Crippen LogP contribution in [0.4, 0.5) is 0 Å². The molecule has 1 amide bonds. The highest BCUT2D eigenvalue weighted by atomic mass is 79.9. The summed E-state index contributed by atoms with van der Waals surface area (Å²) in [5.74, 6) is 0.844. The molecule has 0 aromatic heterocycles. The maximum absolute atomic E-state index is 12.5. The molecule has 0 aliphatic carbocycles. The number of carbonyl (C=O) groups is 1. The molecule has 2 aliphatic rings. The number of hydrogen-bond acceptors (Lipinski definition) is 3. The lowest BCUT2D eigenvalue weighted by Gasteiger charge is -2.35. The molecule has 1 unspecified atom stereocenters. The second-order valence-corrected chi connectivity index (χ2v) is 6.85. The minimum atomic E-state index is 0.0237. The number of rotatable bonds is 2. The Hall–Kier alpha value is -1.07. The highest BCUT2D eigenvalue weighted by Gasteiger charge is 2.30. The van der Waals surface area contributed by atoms with Gasteiger partial charge in [0.25, 0.3) is 5.91 Å². The van der Waals surface area contributed by atoms with Crippen molar-refractivity contribution < 1.29 is 9.90 Å². The molecule has 2 heterocycles. The third-order valence-electron chi connectivity index (χ3n) is 4.69. The lowest BCUT2D eigenvalue weighted by molar-refractivity contribution is 0.0674. The van der Waals surface area contributed by atoms with Gasteiger partial charge in [-0.2, -0.15) is 0 Å². The second-order valence-electron chi connectivity index (χ2n) is 6.00. The van der Waals surface area contributed by atoms with Crippen LogP contribution in [-0.4, -0.2) is 41.6 Å². The lowest BCUT2D eigenvalue weighted by atomic mass is 9.88. The average Bonchev–Trinajstić information content (AvgIpc) is 3.04. The van der Waals surface area contributed by atoms with Crippen LogP contribution in [0.2, 0.25) is 0 Å². The first-order valence-corrected chi connectivity index (χ1v) is 8.45. The van der Waals surface area contributed by atoms with Crippen molar-refractivity contribution in [2.45, 2.75) is 31.7 Å². The summed E-state index contributed by atoms with van der Waals surface area (Å²) >= 11 is 3.24. The van der Waals surface area contributed by atoms with E-state index in [0.29, 0.717) is 22.0 Å². The minimum absolute atomic E-state index is 0.0237. The van der Waals surface area contributed by atoms with E-state index in [9.17, 15) is 9.90 Å². The average molecular weight is 353 g/mol. The third-order valence-corrected chi connectivity index (χ3v) is 5.36. The summed E-state index contributed by atoms with van der Waals surface area (Å²) in [5.41, 5.74) is 0.563. The normalized spacial score (nSPS) is 23.5. The van der Waals surface area contributed by atoms with E-state index in [0.717, 1.165) is 32.5 Å². The molecule has 2 fully saturated rings. The van der Waals surface area contributed by atoms with Crippen LogP contribution < -0.4 is 5.32 Å². The number of hydrogen-bond donors (Lipinski definition) is 2. The van der Waals surface area contributed by atoms with Crippen molar-refractivity contribution in [1.82, 2.24) is 10.2 Å². The molecule has 1 aromatic carbocycles. The molecule has 0 radical (unpaired) electrons. The zero-order valence-electron chi connectivity index (χ0n) is 12.0. The molecular formula is C16H21BrN2O2. The number of carbonyl (C=O) groups excluding carboxylic acids is 1. The quantitative estimate of drug-likeness (QED) is 0.860. The van der Waals surface area contributed by atoms with Gasteiger partial charge in [-0.3, -0.25) is 4.79 Å². The molecule has 1 atom stereocenters. The number of halogens is 1.